The zero-order chi connectivity index (χ0) is 36.6. The Morgan fingerprint density at radius 2 is 1.06 bits per heavy atom. The maximum Gasteiger partial charge on any atom is 2.00 e. The molecule has 0 saturated carbocycles. The van der Waals surface area contributed by atoms with Gasteiger partial charge in [0, 0.05) is 11.6 Å². The van der Waals surface area contributed by atoms with Crippen LogP contribution in [0.15, 0.2) is 94.7 Å². The minimum atomic E-state index is -4.55. The van der Waals surface area contributed by atoms with Crippen LogP contribution in [0.4, 0.5) is 0 Å². The van der Waals surface area contributed by atoms with Crippen LogP contribution in [0.25, 0.3) is 0 Å². The fraction of sp³-hybridized carbons (Fsp3) is 0.368. The molecule has 2 N–H and O–H groups in total. The van der Waals surface area contributed by atoms with Crippen LogP contribution in [0.1, 0.15) is 89.2 Å². The predicted octanol–water partition coefficient (Wildman–Crippen LogP) is 8.53. The first kappa shape index (κ1) is 44.3. The van der Waals surface area contributed by atoms with Crippen molar-refractivity contribution >= 4 is 58.0 Å². The molecule has 13 heteroatoms. The van der Waals surface area contributed by atoms with Gasteiger partial charge in [-0.3, -0.25) is 4.55 Å². The van der Waals surface area contributed by atoms with Crippen LogP contribution in [-0.4, -0.2) is 68.8 Å². The SMILES string of the molecule is CCCCCCCc1c(O)cccc1Oc1cccc(S(=O)(=O)O)c1.CCCCCCCc1c([O-])cccc1Oc1cccc(S(=O)(=O)[O-])c1.[Ca+2]. The summed E-state index contributed by atoms with van der Waals surface area (Å²) >= 11 is 0. The first-order valence-corrected chi connectivity index (χ1v) is 19.8. The Labute approximate surface area is 332 Å². The normalized spacial score (nSPS) is 11.2. The minimum Gasteiger partial charge on any atom is -0.872 e. The molecule has 272 valence electrons. The fourth-order valence-electron chi connectivity index (χ4n) is 5.24. The second kappa shape index (κ2) is 22.3. The molecule has 0 fully saturated rings. The minimum absolute atomic E-state index is 0. The quantitative estimate of drug-likeness (QED) is 0.0568. The van der Waals surface area contributed by atoms with Gasteiger partial charge >= 0.3 is 37.7 Å². The van der Waals surface area contributed by atoms with Crippen LogP contribution in [0.5, 0.6) is 34.5 Å². The van der Waals surface area contributed by atoms with Crippen molar-refractivity contribution in [3.8, 4) is 34.5 Å². The first-order chi connectivity index (χ1) is 23.8. The molecule has 0 aromatic heterocycles. The van der Waals surface area contributed by atoms with Gasteiger partial charge in [-0.25, -0.2) is 8.42 Å². The molecule has 4 aromatic carbocycles. The van der Waals surface area contributed by atoms with E-state index < -0.39 is 20.2 Å². The molecule has 4 aromatic rings. The van der Waals surface area contributed by atoms with E-state index in [0.29, 0.717) is 35.5 Å². The molecule has 0 spiro atoms. The Morgan fingerprint density at radius 3 is 1.59 bits per heavy atom. The molecule has 0 radical (unpaired) electrons. The van der Waals surface area contributed by atoms with Crippen LogP contribution in [0, 0.1) is 0 Å². The fourth-order valence-corrected chi connectivity index (χ4v) is 6.27. The zero-order valence-electron chi connectivity index (χ0n) is 29.3. The van der Waals surface area contributed by atoms with E-state index in [0.717, 1.165) is 44.9 Å². The summed E-state index contributed by atoms with van der Waals surface area (Å²) in [7, 11) is -8.84. The van der Waals surface area contributed by atoms with Crippen molar-refractivity contribution in [1.82, 2.24) is 0 Å². The smallest absolute Gasteiger partial charge is 0.872 e. The van der Waals surface area contributed by atoms with E-state index in [2.05, 4.69) is 13.8 Å². The molecule has 10 nitrogen and oxygen atoms in total. The Morgan fingerprint density at radius 1 is 0.608 bits per heavy atom. The molecule has 0 unspecified atom stereocenters. The van der Waals surface area contributed by atoms with E-state index in [1.54, 1.807) is 42.5 Å². The van der Waals surface area contributed by atoms with Gasteiger partial charge in [-0.05, 0) is 79.8 Å². The Balaban J connectivity index is 0.000000347. The maximum absolute atomic E-state index is 12.2. The summed E-state index contributed by atoms with van der Waals surface area (Å²) in [5, 5.41) is 22.3. The van der Waals surface area contributed by atoms with Crippen molar-refractivity contribution in [1.29, 1.82) is 0 Å². The summed E-state index contributed by atoms with van der Waals surface area (Å²) in [4.78, 5) is -0.587. The second-order valence-electron chi connectivity index (χ2n) is 11.9. The molecule has 0 aliphatic rings. The topological polar surface area (TPSA) is 173 Å². The van der Waals surface area contributed by atoms with E-state index in [1.807, 2.05) is 0 Å². The number of unbranched alkanes of at least 4 members (excludes halogenated alkanes) is 8. The van der Waals surface area contributed by atoms with Crippen molar-refractivity contribution in [2.75, 3.05) is 0 Å². The van der Waals surface area contributed by atoms with Gasteiger partial charge in [-0.1, -0.05) is 95.5 Å². The second-order valence-corrected chi connectivity index (χ2v) is 14.7. The van der Waals surface area contributed by atoms with E-state index in [4.69, 9.17) is 14.0 Å². The monoisotopic (exact) mass is 766 g/mol. The van der Waals surface area contributed by atoms with Crippen molar-refractivity contribution in [2.45, 2.75) is 101 Å². The van der Waals surface area contributed by atoms with Crippen LogP contribution >= 0.6 is 0 Å². The maximum atomic E-state index is 12.2. The van der Waals surface area contributed by atoms with Gasteiger partial charge < -0.3 is 24.2 Å². The van der Waals surface area contributed by atoms with Gasteiger partial charge in [0.1, 0.15) is 38.9 Å². The molecular weight excluding hydrogens is 721 g/mol. The number of hydrogen-bond acceptors (Lipinski definition) is 9. The van der Waals surface area contributed by atoms with Crippen molar-refractivity contribution in [3.05, 3.63) is 96.1 Å². The number of phenolic OH excluding ortho intramolecular Hbond substituents is 1. The van der Waals surface area contributed by atoms with Gasteiger partial charge in [0.15, 0.2) is 0 Å². The van der Waals surface area contributed by atoms with Crippen molar-refractivity contribution < 1.29 is 45.6 Å². The molecule has 0 saturated heterocycles. The number of aromatic hydroxyl groups is 1. The van der Waals surface area contributed by atoms with Crippen LogP contribution in [-0.2, 0) is 33.1 Å². The largest absolute Gasteiger partial charge is 2.00 e. The molecule has 51 heavy (non-hydrogen) atoms. The van der Waals surface area contributed by atoms with Crippen molar-refractivity contribution in [2.24, 2.45) is 0 Å². The zero-order valence-corrected chi connectivity index (χ0v) is 33.1. The summed E-state index contributed by atoms with van der Waals surface area (Å²) in [6.07, 6.45) is 12.3. The predicted molar refractivity (Wildman–Crippen MR) is 195 cm³/mol. The Hall–Kier alpha value is -2.84. The molecule has 0 amide bonds. The third-order valence-electron chi connectivity index (χ3n) is 7.91. The summed E-state index contributed by atoms with van der Waals surface area (Å²) in [6.45, 7) is 4.31. The number of phenols is 1. The number of hydrogen-bond donors (Lipinski definition) is 2. The Kier molecular flexibility index (Phi) is 19.4. The van der Waals surface area contributed by atoms with E-state index in [1.165, 1.54) is 61.7 Å². The molecule has 0 heterocycles. The van der Waals surface area contributed by atoms with Crippen LogP contribution in [0.2, 0.25) is 0 Å². The summed E-state index contributed by atoms with van der Waals surface area (Å²) in [5.74, 6) is 1.47. The van der Waals surface area contributed by atoms with Crippen LogP contribution < -0.4 is 14.6 Å². The molecule has 0 bridgehead atoms. The number of rotatable bonds is 18. The van der Waals surface area contributed by atoms with Gasteiger partial charge in [-0.15, -0.1) is 5.75 Å². The molecule has 0 aliphatic heterocycles. The average Bonchev–Trinajstić information content (AvgIpc) is 3.06. The van der Waals surface area contributed by atoms with Gasteiger partial charge in [-0.2, -0.15) is 8.42 Å². The number of ether oxygens (including phenoxy) is 2. The molecule has 0 atom stereocenters. The van der Waals surface area contributed by atoms with Gasteiger partial charge in [0.05, 0.1) is 9.79 Å². The van der Waals surface area contributed by atoms with E-state index in [9.17, 15) is 31.6 Å². The third-order valence-corrected chi connectivity index (χ3v) is 9.59. The third kappa shape index (κ3) is 15.3. The molecular formula is C38H46CaO10S2. The van der Waals surface area contributed by atoms with E-state index in [-0.39, 0.29) is 70.5 Å². The molecule has 0 aliphatic carbocycles. The van der Waals surface area contributed by atoms with Crippen LogP contribution in [0.3, 0.4) is 0 Å². The van der Waals surface area contributed by atoms with Gasteiger partial charge in [0.2, 0.25) is 0 Å². The molecule has 4 rings (SSSR count). The summed E-state index contributed by atoms with van der Waals surface area (Å²) < 4.78 is 76.5. The van der Waals surface area contributed by atoms with Crippen molar-refractivity contribution in [3.63, 3.8) is 0 Å². The summed E-state index contributed by atoms with van der Waals surface area (Å²) in [5.41, 5.74) is 1.28. The first-order valence-electron chi connectivity index (χ1n) is 16.9. The summed E-state index contributed by atoms with van der Waals surface area (Å²) in [6, 6.07) is 20.8. The van der Waals surface area contributed by atoms with E-state index >= 15 is 0 Å². The average molecular weight is 767 g/mol. The van der Waals surface area contributed by atoms with Gasteiger partial charge in [0.25, 0.3) is 10.1 Å². The Bertz CT molecular complexity index is 1740. The standard InChI is InChI=1S/2C19H24O5S.Ca/c2*1-2-3-4-5-6-11-17-18(20)12-8-13-19(17)24-15-9-7-10-16(14-15)25(21,22)23;/h2*7-10,12-14,20H,2-6,11H2,1H3,(H,21,22,23);/q;;+2/p-2. The number of benzene rings is 4.